The van der Waals surface area contributed by atoms with E-state index in [0.717, 1.165) is 50.7 Å². The van der Waals surface area contributed by atoms with Gasteiger partial charge in [-0.05, 0) is 80.9 Å². The highest BCUT2D eigenvalue weighted by Gasteiger charge is 2.48. The molecule has 1 aromatic heterocycles. The minimum atomic E-state index is -0.638. The van der Waals surface area contributed by atoms with Crippen LogP contribution in [0.15, 0.2) is 273 Å². The van der Waals surface area contributed by atoms with Crippen molar-refractivity contribution in [2.45, 2.75) is 10.8 Å². The van der Waals surface area contributed by atoms with Gasteiger partial charge in [-0.15, -0.1) is 0 Å². The molecule has 0 fully saturated rings. The minimum absolute atomic E-state index is 0.528. The predicted molar refractivity (Wildman–Crippen MR) is 284 cm³/mol. The lowest BCUT2D eigenvalue weighted by Crippen LogP contribution is -2.38. The van der Waals surface area contributed by atoms with Crippen LogP contribution in [-0.4, -0.2) is 15.0 Å². The van der Waals surface area contributed by atoms with E-state index in [2.05, 4.69) is 265 Å². The standard InChI is InChI=1S/C65H45N5/c1-6-26-46(27-7-1)61-66-62(68-63(67-61)70-59-44-24-19-39-54(59)65(49-32-12-4-13-33-49,50-34-14-5-15-35-50)55-40-20-25-45-60(55)70)51-36-16-21-41-56(51)69-57-42-22-17-37-52(57)64(47-28-8-2-9-29-47,48-30-10-3-11-31-48)53-38-18-23-43-58(53)69/h1-45H. The number of benzene rings is 10. The van der Waals surface area contributed by atoms with Crippen molar-refractivity contribution in [1.29, 1.82) is 0 Å². The van der Waals surface area contributed by atoms with E-state index >= 15 is 0 Å². The number of fused-ring (bicyclic) bond motifs is 4. The fraction of sp³-hybridized carbons (Fsp3) is 0.0308. The number of rotatable bonds is 8. The average Bonchev–Trinajstić information content (AvgIpc) is 3.45. The number of hydrogen-bond donors (Lipinski definition) is 0. The Morgan fingerprint density at radius 3 is 0.943 bits per heavy atom. The molecule has 0 unspecified atom stereocenters. The third kappa shape index (κ3) is 6.22. The lowest BCUT2D eigenvalue weighted by atomic mass is 9.62. The molecule has 0 aliphatic carbocycles. The molecule has 0 saturated heterocycles. The molecule has 2 aliphatic rings. The first-order chi connectivity index (χ1) is 34.8. The van der Waals surface area contributed by atoms with E-state index in [1.165, 1.54) is 33.4 Å². The highest BCUT2D eigenvalue weighted by atomic mass is 15.3. The SMILES string of the molecule is c1ccc(-c2nc(-c3ccccc3N3c4ccccc4C(c4ccccc4)(c4ccccc4)c4ccccc43)nc(N3c4ccccc4C(c4ccccc4)(c4ccccc4)c4ccccc43)n2)cc1. The fourth-order valence-corrected chi connectivity index (χ4v) is 11.5. The zero-order valence-corrected chi connectivity index (χ0v) is 38.2. The Kier molecular flexibility index (Phi) is 9.88. The van der Waals surface area contributed by atoms with E-state index in [1.807, 2.05) is 18.2 Å². The zero-order chi connectivity index (χ0) is 46.5. The number of aromatic nitrogens is 3. The largest absolute Gasteiger partial charge is 0.309 e. The van der Waals surface area contributed by atoms with Gasteiger partial charge in [-0.25, -0.2) is 4.98 Å². The molecule has 0 N–H and O–H groups in total. The molecule has 0 saturated carbocycles. The molecule has 0 spiro atoms. The molecule has 3 heterocycles. The average molecular weight is 896 g/mol. The van der Waals surface area contributed by atoms with Crippen molar-refractivity contribution in [3.05, 3.63) is 317 Å². The van der Waals surface area contributed by atoms with Crippen molar-refractivity contribution in [3.8, 4) is 22.8 Å². The van der Waals surface area contributed by atoms with Crippen LogP contribution in [0.25, 0.3) is 22.8 Å². The maximum absolute atomic E-state index is 5.61. The van der Waals surface area contributed by atoms with Gasteiger partial charge in [0.2, 0.25) is 5.95 Å². The van der Waals surface area contributed by atoms with Crippen molar-refractivity contribution in [3.63, 3.8) is 0 Å². The van der Waals surface area contributed by atoms with E-state index < -0.39 is 10.8 Å². The van der Waals surface area contributed by atoms with Crippen molar-refractivity contribution < 1.29 is 0 Å². The number of hydrogen-bond acceptors (Lipinski definition) is 5. The fourth-order valence-electron chi connectivity index (χ4n) is 11.5. The molecule has 0 amide bonds. The van der Waals surface area contributed by atoms with Gasteiger partial charge in [-0.1, -0.05) is 237 Å². The maximum Gasteiger partial charge on any atom is 0.238 e. The number of anilines is 6. The number of para-hydroxylation sites is 5. The van der Waals surface area contributed by atoms with Gasteiger partial charge in [0.1, 0.15) is 0 Å². The second-order valence-corrected chi connectivity index (χ2v) is 17.9. The normalized spacial score (nSPS) is 13.9. The lowest BCUT2D eigenvalue weighted by molar-refractivity contribution is 0.728. The van der Waals surface area contributed by atoms with Crippen LogP contribution in [0, 0.1) is 0 Å². The Morgan fingerprint density at radius 2 is 0.543 bits per heavy atom. The van der Waals surface area contributed by atoms with E-state index in [0.29, 0.717) is 17.6 Å². The van der Waals surface area contributed by atoms with E-state index in [9.17, 15) is 0 Å². The summed E-state index contributed by atoms with van der Waals surface area (Å²) in [5, 5.41) is 0. The van der Waals surface area contributed by atoms with E-state index in [4.69, 9.17) is 15.0 Å². The van der Waals surface area contributed by atoms with Crippen molar-refractivity contribution in [1.82, 2.24) is 15.0 Å². The second kappa shape index (κ2) is 16.8. The highest BCUT2D eigenvalue weighted by molar-refractivity contribution is 5.94. The highest BCUT2D eigenvalue weighted by Crippen LogP contribution is 2.60. The van der Waals surface area contributed by atoms with Gasteiger partial charge < -0.3 is 4.90 Å². The van der Waals surface area contributed by atoms with Crippen LogP contribution in [0.2, 0.25) is 0 Å². The van der Waals surface area contributed by atoms with Gasteiger partial charge in [0.05, 0.1) is 39.3 Å². The summed E-state index contributed by atoms with van der Waals surface area (Å²) in [4.78, 5) is 21.1. The summed E-state index contributed by atoms with van der Waals surface area (Å²) in [5.74, 6) is 1.68. The molecule has 0 bridgehead atoms. The molecule has 5 heteroatoms. The van der Waals surface area contributed by atoms with Crippen LogP contribution in [0.1, 0.15) is 44.5 Å². The Morgan fingerprint density at radius 1 is 0.243 bits per heavy atom. The van der Waals surface area contributed by atoms with Crippen molar-refractivity contribution in [2.24, 2.45) is 0 Å². The van der Waals surface area contributed by atoms with Crippen LogP contribution in [0.4, 0.5) is 34.4 Å². The molecule has 0 radical (unpaired) electrons. The zero-order valence-electron chi connectivity index (χ0n) is 38.2. The Labute approximate surface area is 408 Å². The van der Waals surface area contributed by atoms with Crippen LogP contribution in [0.3, 0.4) is 0 Å². The third-order valence-electron chi connectivity index (χ3n) is 14.3. The molecule has 2 aliphatic heterocycles. The Bertz CT molecular complexity index is 3500. The second-order valence-electron chi connectivity index (χ2n) is 17.9. The minimum Gasteiger partial charge on any atom is -0.309 e. The first kappa shape index (κ1) is 41.0. The van der Waals surface area contributed by atoms with E-state index in [1.54, 1.807) is 0 Å². The summed E-state index contributed by atoms with van der Waals surface area (Å²) in [6, 6.07) is 97.7. The summed E-state index contributed by atoms with van der Waals surface area (Å²) < 4.78 is 0. The Hall–Kier alpha value is -9.19. The third-order valence-corrected chi connectivity index (χ3v) is 14.3. The van der Waals surface area contributed by atoms with Gasteiger partial charge in [0, 0.05) is 11.1 Å². The molecule has 330 valence electrons. The van der Waals surface area contributed by atoms with Crippen LogP contribution in [-0.2, 0) is 10.8 Å². The summed E-state index contributed by atoms with van der Waals surface area (Å²) in [7, 11) is 0. The lowest BCUT2D eigenvalue weighted by Gasteiger charge is -2.46. The molecule has 70 heavy (non-hydrogen) atoms. The summed E-state index contributed by atoms with van der Waals surface area (Å²) in [6.07, 6.45) is 0. The van der Waals surface area contributed by atoms with Gasteiger partial charge in [-0.3, -0.25) is 4.90 Å². The summed E-state index contributed by atoms with van der Waals surface area (Å²) >= 11 is 0. The molecule has 5 nitrogen and oxygen atoms in total. The summed E-state index contributed by atoms with van der Waals surface area (Å²) in [5.41, 5.74) is 15.1. The number of nitrogens with zero attached hydrogens (tertiary/aromatic N) is 5. The van der Waals surface area contributed by atoms with Gasteiger partial charge >= 0.3 is 0 Å². The Balaban J connectivity index is 1.06. The quantitative estimate of drug-likeness (QED) is 0.152. The topological polar surface area (TPSA) is 45.2 Å². The molecule has 13 rings (SSSR count). The molecule has 11 aromatic rings. The maximum atomic E-state index is 5.61. The van der Waals surface area contributed by atoms with Crippen LogP contribution >= 0.6 is 0 Å². The smallest absolute Gasteiger partial charge is 0.238 e. The van der Waals surface area contributed by atoms with Crippen molar-refractivity contribution in [2.75, 3.05) is 9.80 Å². The van der Waals surface area contributed by atoms with Gasteiger partial charge in [0.25, 0.3) is 0 Å². The van der Waals surface area contributed by atoms with Gasteiger partial charge in [-0.2, -0.15) is 9.97 Å². The molecule has 10 aromatic carbocycles. The monoisotopic (exact) mass is 895 g/mol. The van der Waals surface area contributed by atoms with Gasteiger partial charge in [0.15, 0.2) is 11.6 Å². The first-order valence-electron chi connectivity index (χ1n) is 23.9. The van der Waals surface area contributed by atoms with Crippen LogP contribution < -0.4 is 9.80 Å². The molecular weight excluding hydrogens is 851 g/mol. The molecular formula is C65H45N5. The predicted octanol–water partition coefficient (Wildman–Crippen LogP) is 15.5. The molecule has 0 atom stereocenters. The first-order valence-corrected chi connectivity index (χ1v) is 23.9. The van der Waals surface area contributed by atoms with E-state index in [-0.39, 0.29) is 0 Å². The summed E-state index contributed by atoms with van der Waals surface area (Å²) in [6.45, 7) is 0. The van der Waals surface area contributed by atoms with Crippen molar-refractivity contribution >= 4 is 34.4 Å². The van der Waals surface area contributed by atoms with Crippen LogP contribution in [0.5, 0.6) is 0 Å².